The lowest BCUT2D eigenvalue weighted by Crippen LogP contribution is -2.56. The van der Waals surface area contributed by atoms with Crippen molar-refractivity contribution in [2.45, 2.75) is 89.6 Å². The number of unbranched alkanes of at least 4 members (excludes halogenated alkanes) is 1. The molecule has 3 aliphatic rings. The number of hydrogen-bond donors (Lipinski definition) is 2. The molecular formula is C21H36N2O3. The molecule has 3 aliphatic carbocycles. The number of rotatable bonds is 10. The normalized spacial score (nSPS) is 31.5. The Kier molecular flexibility index (Phi) is 6.96. The third kappa shape index (κ3) is 5.70. The van der Waals surface area contributed by atoms with Gasteiger partial charge in [-0.3, -0.25) is 14.5 Å². The number of hydrogen-bond acceptors (Lipinski definition) is 3. The molecule has 0 aromatic heterocycles. The van der Waals surface area contributed by atoms with Gasteiger partial charge in [0.1, 0.15) is 0 Å². The fourth-order valence-electron chi connectivity index (χ4n) is 4.68. The van der Waals surface area contributed by atoms with E-state index < -0.39 is 5.97 Å². The van der Waals surface area contributed by atoms with Crippen molar-refractivity contribution >= 4 is 11.9 Å². The van der Waals surface area contributed by atoms with Gasteiger partial charge in [0, 0.05) is 24.5 Å². The molecule has 0 radical (unpaired) electrons. The molecule has 0 aromatic rings. The summed E-state index contributed by atoms with van der Waals surface area (Å²) < 4.78 is 0. The molecule has 0 aliphatic heterocycles. The average molecular weight is 365 g/mol. The molecule has 148 valence electrons. The van der Waals surface area contributed by atoms with Crippen LogP contribution in [0.4, 0.5) is 0 Å². The molecular weight excluding hydrogens is 328 g/mol. The third-order valence-corrected chi connectivity index (χ3v) is 6.69. The first-order valence-corrected chi connectivity index (χ1v) is 10.8. The Morgan fingerprint density at radius 3 is 2.27 bits per heavy atom. The molecule has 0 heterocycles. The maximum atomic E-state index is 12.5. The Bertz CT molecular complexity index is 478. The first-order chi connectivity index (χ1) is 12.5. The summed E-state index contributed by atoms with van der Waals surface area (Å²) in [6.07, 6.45) is 12.7. The number of carbonyl (C=O) groups is 2. The monoisotopic (exact) mass is 364 g/mol. The van der Waals surface area contributed by atoms with Crippen molar-refractivity contribution < 1.29 is 14.7 Å². The van der Waals surface area contributed by atoms with Gasteiger partial charge in [0.15, 0.2) is 0 Å². The number of carboxylic acid groups (broad SMARTS) is 1. The van der Waals surface area contributed by atoms with E-state index in [1.807, 2.05) is 0 Å². The SMILES string of the molecule is CCCCC1CCC(C(=O)NC2CC(N(CC(=O)O)CC3CC3)C2)CC1. The van der Waals surface area contributed by atoms with E-state index in [1.165, 1.54) is 44.9 Å². The smallest absolute Gasteiger partial charge is 0.317 e. The van der Waals surface area contributed by atoms with Crippen molar-refractivity contribution in [2.75, 3.05) is 13.1 Å². The van der Waals surface area contributed by atoms with Gasteiger partial charge in [0.05, 0.1) is 6.54 Å². The van der Waals surface area contributed by atoms with Crippen LogP contribution in [0.15, 0.2) is 0 Å². The van der Waals surface area contributed by atoms with Gasteiger partial charge in [-0.05, 0) is 63.2 Å². The molecule has 0 atom stereocenters. The Labute approximate surface area is 157 Å². The minimum absolute atomic E-state index is 0.142. The minimum Gasteiger partial charge on any atom is -0.480 e. The van der Waals surface area contributed by atoms with Crippen LogP contribution in [0.5, 0.6) is 0 Å². The largest absolute Gasteiger partial charge is 0.480 e. The van der Waals surface area contributed by atoms with Crippen molar-refractivity contribution in [2.24, 2.45) is 17.8 Å². The second kappa shape index (κ2) is 9.20. The van der Waals surface area contributed by atoms with E-state index in [-0.39, 0.29) is 24.4 Å². The summed E-state index contributed by atoms with van der Waals surface area (Å²) in [5, 5.41) is 12.4. The van der Waals surface area contributed by atoms with Gasteiger partial charge in [-0.1, -0.05) is 26.2 Å². The quantitative estimate of drug-likeness (QED) is 0.623. The summed E-state index contributed by atoms with van der Waals surface area (Å²) in [6.45, 7) is 3.30. The highest BCUT2D eigenvalue weighted by Gasteiger charge is 2.38. The molecule has 1 amide bonds. The lowest BCUT2D eigenvalue weighted by atomic mass is 9.78. The van der Waals surface area contributed by atoms with E-state index in [0.717, 1.165) is 38.1 Å². The Hall–Kier alpha value is -1.10. The highest BCUT2D eigenvalue weighted by Crippen LogP contribution is 2.35. The molecule has 0 unspecified atom stereocenters. The van der Waals surface area contributed by atoms with Gasteiger partial charge in [-0.2, -0.15) is 0 Å². The van der Waals surface area contributed by atoms with E-state index in [4.69, 9.17) is 5.11 Å². The predicted molar refractivity (Wildman–Crippen MR) is 102 cm³/mol. The first-order valence-electron chi connectivity index (χ1n) is 10.8. The number of nitrogens with zero attached hydrogens (tertiary/aromatic N) is 1. The molecule has 26 heavy (non-hydrogen) atoms. The zero-order chi connectivity index (χ0) is 18.5. The second-order valence-electron chi connectivity index (χ2n) is 8.96. The molecule has 5 heteroatoms. The molecule has 3 saturated carbocycles. The standard InChI is InChI=1S/C21H36N2O3/c1-2-3-4-15-7-9-17(10-8-15)21(26)22-18-11-19(12-18)23(14-20(24)25)13-16-5-6-16/h15-19H,2-14H2,1H3,(H,22,26)(H,24,25). The number of carbonyl (C=O) groups excluding carboxylic acids is 1. The van der Waals surface area contributed by atoms with Gasteiger partial charge in [-0.15, -0.1) is 0 Å². The number of carboxylic acids is 1. The lowest BCUT2D eigenvalue weighted by molar-refractivity contribution is -0.140. The van der Waals surface area contributed by atoms with E-state index in [1.54, 1.807) is 0 Å². The number of aliphatic carboxylic acids is 1. The maximum absolute atomic E-state index is 12.5. The third-order valence-electron chi connectivity index (χ3n) is 6.69. The molecule has 3 rings (SSSR count). The number of amides is 1. The molecule has 0 aromatic carbocycles. The van der Waals surface area contributed by atoms with E-state index in [9.17, 15) is 9.59 Å². The molecule has 0 bridgehead atoms. The average Bonchev–Trinajstić information content (AvgIpc) is 3.39. The minimum atomic E-state index is -0.738. The van der Waals surface area contributed by atoms with Gasteiger partial charge in [-0.25, -0.2) is 0 Å². The molecule has 0 spiro atoms. The Morgan fingerprint density at radius 2 is 1.69 bits per heavy atom. The van der Waals surface area contributed by atoms with Crippen LogP contribution in [0.1, 0.15) is 77.6 Å². The summed E-state index contributed by atoms with van der Waals surface area (Å²) in [5.74, 6) is 1.24. The van der Waals surface area contributed by atoms with Crippen molar-refractivity contribution in [3.05, 3.63) is 0 Å². The van der Waals surface area contributed by atoms with Crippen molar-refractivity contribution in [3.8, 4) is 0 Å². The van der Waals surface area contributed by atoms with Crippen molar-refractivity contribution in [3.63, 3.8) is 0 Å². The summed E-state index contributed by atoms with van der Waals surface area (Å²) in [4.78, 5) is 25.8. The van der Waals surface area contributed by atoms with Gasteiger partial charge in [0.2, 0.25) is 5.91 Å². The second-order valence-corrected chi connectivity index (χ2v) is 8.96. The van der Waals surface area contributed by atoms with Gasteiger partial charge < -0.3 is 10.4 Å². The van der Waals surface area contributed by atoms with E-state index >= 15 is 0 Å². The van der Waals surface area contributed by atoms with Gasteiger partial charge in [0.25, 0.3) is 0 Å². The summed E-state index contributed by atoms with van der Waals surface area (Å²) >= 11 is 0. The van der Waals surface area contributed by atoms with Crippen LogP contribution in [-0.2, 0) is 9.59 Å². The van der Waals surface area contributed by atoms with Crippen LogP contribution in [0, 0.1) is 17.8 Å². The Morgan fingerprint density at radius 1 is 1.04 bits per heavy atom. The lowest BCUT2D eigenvalue weighted by Gasteiger charge is -2.43. The highest BCUT2D eigenvalue weighted by atomic mass is 16.4. The summed E-state index contributed by atoms with van der Waals surface area (Å²) in [6, 6.07) is 0.586. The molecule has 5 nitrogen and oxygen atoms in total. The zero-order valence-electron chi connectivity index (χ0n) is 16.3. The topological polar surface area (TPSA) is 69.6 Å². The van der Waals surface area contributed by atoms with Crippen LogP contribution < -0.4 is 5.32 Å². The molecule has 3 fully saturated rings. The van der Waals surface area contributed by atoms with Crippen LogP contribution in [0.2, 0.25) is 0 Å². The number of nitrogens with one attached hydrogen (secondary N) is 1. The zero-order valence-corrected chi connectivity index (χ0v) is 16.3. The van der Waals surface area contributed by atoms with Crippen LogP contribution in [-0.4, -0.2) is 47.1 Å². The Balaban J connectivity index is 1.35. The molecule has 2 N–H and O–H groups in total. The predicted octanol–water partition coefficient (Wildman–Crippen LogP) is 3.43. The van der Waals surface area contributed by atoms with E-state index in [0.29, 0.717) is 12.0 Å². The summed E-state index contributed by atoms with van der Waals surface area (Å²) in [5.41, 5.74) is 0. The van der Waals surface area contributed by atoms with Crippen LogP contribution in [0.3, 0.4) is 0 Å². The first kappa shape index (κ1) is 19.7. The van der Waals surface area contributed by atoms with Crippen molar-refractivity contribution in [1.29, 1.82) is 0 Å². The fourth-order valence-corrected chi connectivity index (χ4v) is 4.68. The van der Waals surface area contributed by atoms with Gasteiger partial charge >= 0.3 is 5.97 Å². The van der Waals surface area contributed by atoms with Crippen LogP contribution >= 0.6 is 0 Å². The van der Waals surface area contributed by atoms with Crippen molar-refractivity contribution in [1.82, 2.24) is 10.2 Å². The summed E-state index contributed by atoms with van der Waals surface area (Å²) in [7, 11) is 0. The van der Waals surface area contributed by atoms with E-state index in [2.05, 4.69) is 17.1 Å². The maximum Gasteiger partial charge on any atom is 0.317 e. The molecule has 0 saturated heterocycles. The van der Waals surface area contributed by atoms with Crippen LogP contribution in [0.25, 0.3) is 0 Å². The highest BCUT2D eigenvalue weighted by molar-refractivity contribution is 5.79. The fraction of sp³-hybridized carbons (Fsp3) is 0.905.